The Bertz CT molecular complexity index is 1080. The van der Waals surface area contributed by atoms with Crippen LogP contribution in [-0.2, 0) is 4.74 Å². The molecule has 8 atom stereocenters. The van der Waals surface area contributed by atoms with Gasteiger partial charge in [0.25, 0.3) is 0 Å². The molecule has 1 aromatic rings. The summed E-state index contributed by atoms with van der Waals surface area (Å²) in [5, 5.41) is 31.7. The van der Waals surface area contributed by atoms with E-state index >= 15 is 0 Å². The average molecular weight is 586 g/mol. The normalized spacial score (nSPS) is 39.0. The number of halogens is 3. The van der Waals surface area contributed by atoms with Crippen molar-refractivity contribution in [3.8, 4) is 5.75 Å². The summed E-state index contributed by atoms with van der Waals surface area (Å²) in [4.78, 5) is 6.39. The quantitative estimate of drug-likeness (QED) is 0.259. The van der Waals surface area contributed by atoms with E-state index in [0.29, 0.717) is 30.9 Å². The molecular weight excluding hydrogens is 543 g/mol. The highest BCUT2D eigenvalue weighted by Gasteiger charge is 2.52. The first-order valence-corrected chi connectivity index (χ1v) is 14.6. The van der Waals surface area contributed by atoms with Crippen molar-refractivity contribution in [2.75, 3.05) is 44.1 Å². The van der Waals surface area contributed by atoms with Crippen molar-refractivity contribution in [1.29, 1.82) is 0 Å². The van der Waals surface area contributed by atoms with Gasteiger partial charge in [0.05, 0.1) is 29.9 Å². The first kappa shape index (κ1) is 29.2. The van der Waals surface area contributed by atoms with Crippen molar-refractivity contribution in [2.24, 2.45) is 17.6 Å². The minimum absolute atomic E-state index is 0.0116. The Morgan fingerprint density at radius 3 is 2.71 bits per heavy atom. The fourth-order valence-corrected chi connectivity index (χ4v) is 7.33. The van der Waals surface area contributed by atoms with Crippen molar-refractivity contribution in [3.05, 3.63) is 18.2 Å². The van der Waals surface area contributed by atoms with Crippen LogP contribution in [0.4, 0.5) is 24.5 Å². The van der Waals surface area contributed by atoms with Gasteiger partial charge in [-0.2, -0.15) is 0 Å². The lowest BCUT2D eigenvalue weighted by Crippen LogP contribution is -2.64. The third-order valence-corrected chi connectivity index (χ3v) is 9.78. The molecule has 0 spiro atoms. The summed E-state index contributed by atoms with van der Waals surface area (Å²) in [6.45, 7) is 1.88. The lowest BCUT2D eigenvalue weighted by Gasteiger charge is -2.43. The Morgan fingerprint density at radius 2 is 1.95 bits per heavy atom. The fourth-order valence-electron chi connectivity index (χ4n) is 7.33. The maximum atomic E-state index is 12.6. The molecule has 4 unspecified atom stereocenters. The number of likely N-dealkylation sites (N-methyl/N-ethyl adjacent to an activating group) is 1. The number of likely N-dealkylation sites (tertiary alicyclic amines) is 1. The number of hydrogen-bond acceptors (Lipinski definition) is 11. The molecule has 0 radical (unpaired) electrons. The molecule has 4 fully saturated rings. The maximum Gasteiger partial charge on any atom is 0.573 e. The number of nitrogens with two attached hydrogens (primary N) is 1. The van der Waals surface area contributed by atoms with Gasteiger partial charge in [0.1, 0.15) is 30.3 Å². The molecule has 0 aromatic heterocycles. The van der Waals surface area contributed by atoms with E-state index < -0.39 is 30.9 Å². The van der Waals surface area contributed by atoms with E-state index in [-0.39, 0.29) is 30.2 Å². The van der Waals surface area contributed by atoms with Crippen molar-refractivity contribution in [3.63, 3.8) is 0 Å². The van der Waals surface area contributed by atoms with Crippen molar-refractivity contribution in [2.45, 2.75) is 87.5 Å². The number of aliphatic hydroxyl groups excluding tert-OH is 2. The van der Waals surface area contributed by atoms with Crippen LogP contribution in [0.15, 0.2) is 18.2 Å². The number of alkyl halides is 3. The lowest BCUT2D eigenvalue weighted by atomic mass is 9.76. The molecule has 14 heteroatoms. The van der Waals surface area contributed by atoms with Crippen LogP contribution >= 0.6 is 0 Å². The summed E-state index contributed by atoms with van der Waals surface area (Å²) in [7, 11) is 3.98. The third kappa shape index (κ3) is 5.85. The molecular formula is C27H42F3N7O4. The monoisotopic (exact) mass is 585 g/mol. The molecule has 7 N–H and O–H groups in total. The summed E-state index contributed by atoms with van der Waals surface area (Å²) >= 11 is 0. The summed E-state index contributed by atoms with van der Waals surface area (Å²) in [6, 6.07) is 4.76. The number of aliphatic hydroxyl groups is 2. The Morgan fingerprint density at radius 1 is 1.17 bits per heavy atom. The zero-order valence-corrected chi connectivity index (χ0v) is 23.4. The van der Waals surface area contributed by atoms with E-state index in [9.17, 15) is 23.4 Å². The highest BCUT2D eigenvalue weighted by molar-refractivity contribution is 5.77. The molecule has 41 heavy (non-hydrogen) atoms. The van der Waals surface area contributed by atoms with E-state index in [4.69, 9.17) is 10.5 Å². The highest BCUT2D eigenvalue weighted by atomic mass is 19.4. The molecule has 230 valence electrons. The molecule has 0 amide bonds. The third-order valence-electron chi connectivity index (χ3n) is 9.78. The summed E-state index contributed by atoms with van der Waals surface area (Å²) < 4.78 is 48.1. The smallest absolute Gasteiger partial charge is 0.406 e. The van der Waals surface area contributed by atoms with Crippen molar-refractivity contribution in [1.82, 2.24) is 20.4 Å². The second-order valence-electron chi connectivity index (χ2n) is 12.3. The predicted molar refractivity (Wildman–Crippen MR) is 146 cm³/mol. The van der Waals surface area contributed by atoms with E-state index in [1.165, 1.54) is 12.1 Å². The zero-order valence-electron chi connectivity index (χ0n) is 23.4. The highest BCUT2D eigenvalue weighted by Crippen LogP contribution is 2.41. The number of anilines is 2. The van der Waals surface area contributed by atoms with Gasteiger partial charge in [0.2, 0.25) is 0 Å². The summed E-state index contributed by atoms with van der Waals surface area (Å²) in [6.07, 6.45) is -2.96. The Kier molecular flexibility index (Phi) is 8.04. The molecule has 1 aliphatic carbocycles. The summed E-state index contributed by atoms with van der Waals surface area (Å²) in [5.41, 5.74) is 7.73. The molecule has 4 heterocycles. The second-order valence-corrected chi connectivity index (χ2v) is 12.3. The first-order chi connectivity index (χ1) is 19.5. The molecule has 0 bridgehead atoms. The first-order valence-electron chi connectivity index (χ1n) is 14.6. The number of rotatable bonds is 8. The van der Waals surface area contributed by atoms with Crippen LogP contribution in [0.1, 0.15) is 32.1 Å². The minimum Gasteiger partial charge on any atom is -0.406 e. The van der Waals surface area contributed by atoms with Gasteiger partial charge in [-0.3, -0.25) is 15.5 Å². The average Bonchev–Trinajstić information content (AvgIpc) is 3.53. The Hall–Kier alpha value is -1.91. The molecule has 11 nitrogen and oxygen atoms in total. The number of fused-ring (bicyclic) bond motifs is 2. The van der Waals surface area contributed by atoms with E-state index in [1.807, 2.05) is 14.1 Å². The van der Waals surface area contributed by atoms with Crippen LogP contribution in [0.5, 0.6) is 5.75 Å². The van der Waals surface area contributed by atoms with Crippen LogP contribution in [0.3, 0.4) is 0 Å². The topological polar surface area (TPSA) is 131 Å². The van der Waals surface area contributed by atoms with Gasteiger partial charge in [-0.05, 0) is 57.2 Å². The van der Waals surface area contributed by atoms with E-state index in [0.717, 1.165) is 44.3 Å². The van der Waals surface area contributed by atoms with Gasteiger partial charge in [-0.1, -0.05) is 0 Å². The number of nitrogens with one attached hydrogen (secondary N) is 3. The van der Waals surface area contributed by atoms with Gasteiger partial charge in [0, 0.05) is 44.8 Å². The predicted octanol–water partition coefficient (Wildman–Crippen LogP) is 0.793. The zero-order chi connectivity index (χ0) is 29.1. The molecule has 3 saturated heterocycles. The summed E-state index contributed by atoms with van der Waals surface area (Å²) in [5.74, 6) is 0.546. The minimum atomic E-state index is -4.72. The number of nitrogens with zero attached hydrogens (tertiary/aromatic N) is 3. The Labute approximate surface area is 238 Å². The molecule has 1 aromatic carbocycles. The SMILES string of the molecule is CN(C[C@H]1O[C@@H](N2CCC3C(N)NCNC32)[C@H](O)[C@@H]1O)C1CC(CCC2Nc3cc(OC(F)(F)F)ccc3N2C)C1. The molecule has 6 rings (SSSR count). The van der Waals surface area contributed by atoms with Crippen LogP contribution < -0.4 is 31.3 Å². The van der Waals surface area contributed by atoms with Crippen LogP contribution in [0.2, 0.25) is 0 Å². The van der Waals surface area contributed by atoms with Crippen LogP contribution in [0.25, 0.3) is 0 Å². The van der Waals surface area contributed by atoms with Crippen LogP contribution in [0, 0.1) is 11.8 Å². The largest absolute Gasteiger partial charge is 0.573 e. The van der Waals surface area contributed by atoms with Gasteiger partial charge < -0.3 is 40.5 Å². The van der Waals surface area contributed by atoms with Crippen LogP contribution in [-0.4, -0.2) is 109 Å². The molecule has 1 saturated carbocycles. The van der Waals surface area contributed by atoms with E-state index in [2.05, 4.69) is 35.4 Å². The molecule has 4 aliphatic heterocycles. The molecule has 5 aliphatic rings. The second kappa shape index (κ2) is 11.3. The fraction of sp³-hybridized carbons (Fsp3) is 0.778. The van der Waals surface area contributed by atoms with Crippen molar-refractivity contribution >= 4 is 11.4 Å². The van der Waals surface area contributed by atoms with Gasteiger partial charge in [-0.15, -0.1) is 13.2 Å². The maximum absolute atomic E-state index is 12.6. The van der Waals surface area contributed by atoms with Crippen molar-refractivity contribution < 1.29 is 32.9 Å². The lowest BCUT2D eigenvalue weighted by molar-refractivity contribution is -0.274. The number of hydrogen-bond donors (Lipinski definition) is 6. The van der Waals surface area contributed by atoms with Gasteiger partial charge >= 0.3 is 6.36 Å². The van der Waals surface area contributed by atoms with Gasteiger partial charge in [-0.25, -0.2) is 0 Å². The van der Waals surface area contributed by atoms with Gasteiger partial charge in [0.15, 0.2) is 0 Å². The number of benzene rings is 1. The standard InChI is InChI=1S/C27H42F3N7O4/c1-35(12-20-22(38)23(39)26(40-20)37-8-7-17-24(31)32-13-33-25(17)37)15-9-14(10-15)3-6-21-34-18-11-16(41-27(28,29)30)4-5-19(18)36(21)2/h4-5,11,14-15,17,20-26,32-34,38-39H,3,6-10,12-13,31H2,1-2H3/t14?,15?,17?,20-,21?,22-,23-,24?,25?,26-/m1/s1. The Balaban J connectivity index is 0.947. The van der Waals surface area contributed by atoms with E-state index in [1.54, 1.807) is 6.07 Å². The number of ether oxygens (including phenoxy) is 2.